The molecule has 2 fully saturated rings. The van der Waals surface area contributed by atoms with Gasteiger partial charge in [-0.1, -0.05) is 20.8 Å². The third-order valence-electron chi connectivity index (χ3n) is 5.22. The Balaban J connectivity index is 2.03. The molecule has 0 unspecified atom stereocenters. The van der Waals surface area contributed by atoms with E-state index >= 15 is 0 Å². The highest BCUT2D eigenvalue weighted by molar-refractivity contribution is 5.66. The first-order valence-corrected chi connectivity index (χ1v) is 8.03. The molecule has 0 amide bonds. The SMILES string of the molecule is CC1(C)C[C@@H]2C[C@@](C)(CN2c2ccc(C(F)(F)F)cc2[N+](=O)[O-])C1. The first kappa shape index (κ1) is 17.0. The number of nitro benzene ring substituents is 1. The summed E-state index contributed by atoms with van der Waals surface area (Å²) in [6.45, 7) is 7.17. The number of anilines is 1. The molecule has 3 rings (SSSR count). The van der Waals surface area contributed by atoms with Gasteiger partial charge in [0, 0.05) is 18.7 Å². The maximum absolute atomic E-state index is 12.9. The van der Waals surface area contributed by atoms with Crippen LogP contribution in [0.2, 0.25) is 0 Å². The molecule has 0 N–H and O–H groups in total. The van der Waals surface area contributed by atoms with Gasteiger partial charge in [0.05, 0.1) is 10.5 Å². The number of fused-ring (bicyclic) bond motifs is 2. The van der Waals surface area contributed by atoms with Gasteiger partial charge in [0.1, 0.15) is 5.69 Å². The molecule has 0 radical (unpaired) electrons. The molecule has 2 bridgehead atoms. The molecule has 0 aromatic heterocycles. The molecular weight excluding hydrogens is 321 g/mol. The van der Waals surface area contributed by atoms with Gasteiger partial charge in [0.25, 0.3) is 5.69 Å². The predicted molar refractivity (Wildman–Crippen MR) is 85.0 cm³/mol. The van der Waals surface area contributed by atoms with Crippen LogP contribution in [0.4, 0.5) is 24.5 Å². The summed E-state index contributed by atoms with van der Waals surface area (Å²) in [6.07, 6.45) is -1.75. The minimum Gasteiger partial charge on any atom is -0.362 e. The molecule has 24 heavy (non-hydrogen) atoms. The van der Waals surface area contributed by atoms with Crippen LogP contribution in [0.5, 0.6) is 0 Å². The summed E-state index contributed by atoms with van der Waals surface area (Å²) in [7, 11) is 0. The molecule has 2 aliphatic rings. The molecule has 1 aromatic rings. The monoisotopic (exact) mass is 342 g/mol. The standard InChI is InChI=1S/C17H21F3N2O2/c1-15(2)7-12-8-16(3,9-15)10-21(12)13-5-4-11(17(18,19)20)6-14(13)22(23)24/h4-6,12H,7-10H2,1-3H3/t12-,16-/m1/s1. The Morgan fingerprint density at radius 3 is 2.50 bits per heavy atom. The van der Waals surface area contributed by atoms with Crippen LogP contribution in [0.15, 0.2) is 18.2 Å². The lowest BCUT2D eigenvalue weighted by atomic mass is 9.65. The van der Waals surface area contributed by atoms with Crippen molar-refractivity contribution >= 4 is 11.4 Å². The van der Waals surface area contributed by atoms with Crippen molar-refractivity contribution in [3.05, 3.63) is 33.9 Å². The number of benzene rings is 1. The smallest absolute Gasteiger partial charge is 0.362 e. The number of alkyl halides is 3. The molecular formula is C17H21F3N2O2. The lowest BCUT2D eigenvalue weighted by molar-refractivity contribution is -0.384. The van der Waals surface area contributed by atoms with Crippen molar-refractivity contribution in [1.29, 1.82) is 0 Å². The Labute approximate surface area is 138 Å². The molecule has 1 heterocycles. The third kappa shape index (κ3) is 2.96. The van der Waals surface area contributed by atoms with Gasteiger partial charge >= 0.3 is 6.18 Å². The average Bonchev–Trinajstić information content (AvgIpc) is 2.66. The molecule has 1 aliphatic heterocycles. The van der Waals surface area contributed by atoms with Gasteiger partial charge in [-0.2, -0.15) is 13.2 Å². The van der Waals surface area contributed by atoms with Crippen LogP contribution in [0.25, 0.3) is 0 Å². The lowest BCUT2D eigenvalue weighted by Gasteiger charge is -2.39. The quantitative estimate of drug-likeness (QED) is 0.560. The zero-order valence-corrected chi connectivity index (χ0v) is 14.0. The highest BCUT2D eigenvalue weighted by atomic mass is 19.4. The number of hydrogen-bond acceptors (Lipinski definition) is 3. The van der Waals surface area contributed by atoms with Gasteiger partial charge in [0.15, 0.2) is 0 Å². The Hall–Kier alpha value is -1.79. The van der Waals surface area contributed by atoms with Crippen LogP contribution in [0, 0.1) is 20.9 Å². The second-order valence-electron chi connectivity index (χ2n) is 8.30. The molecule has 1 aromatic carbocycles. The van der Waals surface area contributed by atoms with Crippen molar-refractivity contribution in [2.24, 2.45) is 10.8 Å². The molecule has 4 nitrogen and oxygen atoms in total. The predicted octanol–water partition coefficient (Wildman–Crippen LogP) is 5.02. The van der Waals surface area contributed by atoms with Crippen molar-refractivity contribution in [3.8, 4) is 0 Å². The van der Waals surface area contributed by atoms with Crippen molar-refractivity contribution in [2.45, 2.75) is 52.3 Å². The van der Waals surface area contributed by atoms with Crippen LogP contribution in [0.3, 0.4) is 0 Å². The van der Waals surface area contributed by atoms with E-state index in [9.17, 15) is 23.3 Å². The van der Waals surface area contributed by atoms with Crippen molar-refractivity contribution < 1.29 is 18.1 Å². The normalized spacial score (nSPS) is 28.9. The number of nitro groups is 1. The zero-order valence-electron chi connectivity index (χ0n) is 14.0. The Morgan fingerprint density at radius 2 is 1.92 bits per heavy atom. The first-order valence-electron chi connectivity index (χ1n) is 8.03. The average molecular weight is 342 g/mol. The van der Waals surface area contributed by atoms with E-state index in [1.54, 1.807) is 0 Å². The Kier molecular flexibility index (Phi) is 3.62. The maximum Gasteiger partial charge on any atom is 0.416 e. The van der Waals surface area contributed by atoms with E-state index in [4.69, 9.17) is 0 Å². The van der Waals surface area contributed by atoms with Gasteiger partial charge in [-0.25, -0.2) is 0 Å². The van der Waals surface area contributed by atoms with Crippen LogP contribution in [-0.4, -0.2) is 17.5 Å². The van der Waals surface area contributed by atoms with E-state index in [1.165, 1.54) is 6.07 Å². The van der Waals surface area contributed by atoms with Gasteiger partial charge in [-0.3, -0.25) is 10.1 Å². The van der Waals surface area contributed by atoms with Crippen molar-refractivity contribution in [1.82, 2.24) is 0 Å². The Morgan fingerprint density at radius 1 is 1.25 bits per heavy atom. The van der Waals surface area contributed by atoms with Gasteiger partial charge < -0.3 is 4.90 Å². The minimum absolute atomic E-state index is 0.0446. The summed E-state index contributed by atoms with van der Waals surface area (Å²) in [4.78, 5) is 12.6. The van der Waals surface area contributed by atoms with E-state index in [2.05, 4.69) is 20.8 Å². The molecule has 1 saturated heterocycles. The summed E-state index contributed by atoms with van der Waals surface area (Å²) in [5.74, 6) is 0. The molecule has 0 spiro atoms. The Bertz CT molecular complexity index is 687. The fourth-order valence-electron chi connectivity index (χ4n) is 4.83. The van der Waals surface area contributed by atoms with Gasteiger partial charge in [-0.15, -0.1) is 0 Å². The van der Waals surface area contributed by atoms with E-state index in [-0.39, 0.29) is 16.9 Å². The van der Waals surface area contributed by atoms with Crippen molar-refractivity contribution in [2.75, 3.05) is 11.4 Å². The minimum atomic E-state index is -4.59. The summed E-state index contributed by atoms with van der Waals surface area (Å²) >= 11 is 0. The van der Waals surface area contributed by atoms with Crippen LogP contribution in [-0.2, 0) is 6.18 Å². The summed E-state index contributed by atoms with van der Waals surface area (Å²) in [6, 6.07) is 3.00. The summed E-state index contributed by atoms with van der Waals surface area (Å²) in [5.41, 5.74) is -0.958. The van der Waals surface area contributed by atoms with Gasteiger partial charge in [-0.05, 0) is 42.2 Å². The van der Waals surface area contributed by atoms with Crippen LogP contribution < -0.4 is 4.90 Å². The fraction of sp³-hybridized carbons (Fsp3) is 0.647. The van der Waals surface area contributed by atoms with E-state index in [1.807, 2.05) is 4.90 Å². The second kappa shape index (κ2) is 5.10. The second-order valence-corrected chi connectivity index (χ2v) is 8.30. The summed E-state index contributed by atoms with van der Waals surface area (Å²) < 4.78 is 38.6. The van der Waals surface area contributed by atoms with Crippen LogP contribution >= 0.6 is 0 Å². The molecule has 132 valence electrons. The zero-order chi connectivity index (χ0) is 17.9. The van der Waals surface area contributed by atoms with E-state index in [0.29, 0.717) is 18.3 Å². The largest absolute Gasteiger partial charge is 0.416 e. The van der Waals surface area contributed by atoms with Crippen molar-refractivity contribution in [3.63, 3.8) is 0 Å². The molecule has 1 saturated carbocycles. The first-order chi connectivity index (χ1) is 10.9. The highest BCUT2D eigenvalue weighted by Crippen LogP contribution is 2.54. The fourth-order valence-corrected chi connectivity index (χ4v) is 4.83. The number of nitrogens with zero attached hydrogens (tertiary/aromatic N) is 2. The highest BCUT2D eigenvalue weighted by Gasteiger charge is 2.50. The van der Waals surface area contributed by atoms with E-state index in [0.717, 1.165) is 25.3 Å². The topological polar surface area (TPSA) is 46.4 Å². The number of rotatable bonds is 2. The molecule has 2 atom stereocenters. The van der Waals surface area contributed by atoms with Gasteiger partial charge in [0.2, 0.25) is 0 Å². The lowest BCUT2D eigenvalue weighted by Crippen LogP contribution is -2.34. The number of halogens is 3. The maximum atomic E-state index is 12.9. The number of hydrogen-bond donors (Lipinski definition) is 0. The third-order valence-corrected chi connectivity index (χ3v) is 5.22. The van der Waals surface area contributed by atoms with E-state index < -0.39 is 22.4 Å². The van der Waals surface area contributed by atoms with Crippen LogP contribution in [0.1, 0.15) is 45.6 Å². The molecule has 1 aliphatic carbocycles. The molecule has 7 heteroatoms. The summed E-state index contributed by atoms with van der Waals surface area (Å²) in [5, 5.41) is 11.4.